The highest BCUT2D eigenvalue weighted by Crippen LogP contribution is 2.09. The first-order valence-corrected chi connectivity index (χ1v) is 11.6. The molecule has 1 heterocycles. The summed E-state index contributed by atoms with van der Waals surface area (Å²) >= 11 is 0. The van der Waals surface area contributed by atoms with E-state index in [4.69, 9.17) is 4.74 Å². The molecule has 0 radical (unpaired) electrons. The first kappa shape index (κ1) is 27.3. The van der Waals surface area contributed by atoms with E-state index in [0.29, 0.717) is 6.42 Å². The molecule has 6 nitrogen and oxygen atoms in total. The van der Waals surface area contributed by atoms with E-state index in [-0.39, 0.29) is 12.5 Å². The fraction of sp³-hybridized carbons (Fsp3) is 0.560. The molecule has 0 bridgehead atoms. The van der Waals surface area contributed by atoms with E-state index in [2.05, 4.69) is 43.4 Å². The van der Waals surface area contributed by atoms with Gasteiger partial charge in [-0.05, 0) is 45.4 Å². The van der Waals surface area contributed by atoms with Crippen LogP contribution in [0, 0.1) is 5.82 Å². The molecule has 1 unspecified atom stereocenters. The summed E-state index contributed by atoms with van der Waals surface area (Å²) in [5.74, 6) is -1.39. The number of halogens is 1. The maximum Gasteiger partial charge on any atom is 0.328 e. The van der Waals surface area contributed by atoms with Crippen LogP contribution in [0.1, 0.15) is 78.1 Å². The summed E-state index contributed by atoms with van der Waals surface area (Å²) in [4.78, 5) is 36.5. The van der Waals surface area contributed by atoms with Gasteiger partial charge in [0, 0.05) is 6.42 Å². The summed E-state index contributed by atoms with van der Waals surface area (Å²) in [6.07, 6.45) is 22.9. The largest absolute Gasteiger partial charge is 0.461 e. The second kappa shape index (κ2) is 16.9. The predicted molar refractivity (Wildman–Crippen MR) is 126 cm³/mol. The van der Waals surface area contributed by atoms with Crippen LogP contribution >= 0.6 is 0 Å². The van der Waals surface area contributed by atoms with Crippen molar-refractivity contribution in [2.24, 2.45) is 0 Å². The summed E-state index contributed by atoms with van der Waals surface area (Å²) in [6.45, 7) is 3.74. The summed E-state index contributed by atoms with van der Waals surface area (Å²) in [7, 11) is 0. The highest BCUT2D eigenvalue weighted by atomic mass is 19.1. The molecule has 7 heteroatoms. The Kier molecular flexibility index (Phi) is 14.5. The molecule has 1 rings (SSSR count). The Morgan fingerprint density at radius 1 is 1.03 bits per heavy atom. The quantitative estimate of drug-likeness (QED) is 0.214. The molecule has 0 aliphatic heterocycles. The van der Waals surface area contributed by atoms with Crippen LogP contribution in [0.2, 0.25) is 0 Å². The van der Waals surface area contributed by atoms with Gasteiger partial charge in [0.05, 0.1) is 12.7 Å². The Hall–Kier alpha value is -2.70. The number of rotatable bonds is 16. The van der Waals surface area contributed by atoms with Crippen molar-refractivity contribution < 1.29 is 13.9 Å². The number of carbonyl (C=O) groups is 1. The molecule has 32 heavy (non-hydrogen) atoms. The summed E-state index contributed by atoms with van der Waals surface area (Å²) in [6, 6.07) is 0. The first-order chi connectivity index (χ1) is 15.4. The maximum atomic E-state index is 13.3. The second-order valence-corrected chi connectivity index (χ2v) is 7.79. The topological polar surface area (TPSA) is 81.2 Å². The lowest BCUT2D eigenvalue weighted by Gasteiger charge is -2.14. The van der Waals surface area contributed by atoms with Gasteiger partial charge in [-0.15, -0.1) is 0 Å². The van der Waals surface area contributed by atoms with Gasteiger partial charge in [0.15, 0.2) is 0 Å². The number of nitrogens with one attached hydrogen (secondary N) is 1. The lowest BCUT2D eigenvalue weighted by Crippen LogP contribution is -2.34. The maximum absolute atomic E-state index is 13.3. The summed E-state index contributed by atoms with van der Waals surface area (Å²) in [5.41, 5.74) is -1.79. The molecular formula is C25H37FN2O4. The number of allylic oxidation sites excluding steroid dienone is 6. The average Bonchev–Trinajstić information content (AvgIpc) is 2.74. The van der Waals surface area contributed by atoms with Gasteiger partial charge in [-0.25, -0.2) is 4.79 Å². The lowest BCUT2D eigenvalue weighted by molar-refractivity contribution is -0.149. The van der Waals surface area contributed by atoms with E-state index in [1.807, 2.05) is 4.98 Å². The van der Waals surface area contributed by atoms with Gasteiger partial charge in [0.25, 0.3) is 5.56 Å². The number of H-pyrrole nitrogens is 1. The minimum Gasteiger partial charge on any atom is -0.461 e. The number of unbranched alkanes of at least 4 members (excludes halogenated alkanes) is 5. The van der Waals surface area contributed by atoms with Crippen molar-refractivity contribution >= 4 is 5.97 Å². The van der Waals surface area contributed by atoms with Crippen molar-refractivity contribution in [2.75, 3.05) is 0 Å². The van der Waals surface area contributed by atoms with Crippen molar-refractivity contribution in [1.82, 2.24) is 9.55 Å². The van der Waals surface area contributed by atoms with Crippen molar-refractivity contribution in [1.29, 1.82) is 0 Å². The SMILES string of the molecule is CCC=CCC=CCC=CCCCCCCCC(=O)OC(C)Cn1cc(F)c(=O)[nH]c1=O. The van der Waals surface area contributed by atoms with Crippen LogP contribution in [-0.4, -0.2) is 21.6 Å². The average molecular weight is 449 g/mol. The number of aromatic nitrogens is 2. The Labute approximate surface area is 189 Å². The highest BCUT2D eigenvalue weighted by Gasteiger charge is 2.12. The number of aromatic amines is 1. The first-order valence-electron chi connectivity index (χ1n) is 11.6. The Morgan fingerprint density at radius 3 is 2.38 bits per heavy atom. The van der Waals surface area contributed by atoms with Gasteiger partial charge in [0.2, 0.25) is 5.82 Å². The summed E-state index contributed by atoms with van der Waals surface area (Å²) in [5, 5.41) is 0. The Bertz CT molecular complexity index is 867. The number of ether oxygens (including phenoxy) is 1. The minimum absolute atomic E-state index is 0.0164. The smallest absolute Gasteiger partial charge is 0.328 e. The van der Waals surface area contributed by atoms with Crippen molar-refractivity contribution in [3.63, 3.8) is 0 Å². The van der Waals surface area contributed by atoms with E-state index >= 15 is 0 Å². The van der Waals surface area contributed by atoms with E-state index in [9.17, 15) is 18.8 Å². The molecule has 0 amide bonds. The Morgan fingerprint density at radius 2 is 1.66 bits per heavy atom. The molecule has 0 aromatic carbocycles. The molecule has 1 N–H and O–H groups in total. The molecule has 1 aromatic rings. The van der Waals surface area contributed by atoms with E-state index in [1.165, 1.54) is 0 Å². The van der Waals surface area contributed by atoms with Crippen LogP contribution in [0.5, 0.6) is 0 Å². The van der Waals surface area contributed by atoms with Gasteiger partial charge in [-0.2, -0.15) is 4.39 Å². The zero-order valence-electron chi connectivity index (χ0n) is 19.4. The molecule has 0 fully saturated rings. The molecular weight excluding hydrogens is 411 g/mol. The van der Waals surface area contributed by atoms with Crippen LogP contribution in [0.25, 0.3) is 0 Å². The van der Waals surface area contributed by atoms with E-state index < -0.39 is 23.2 Å². The highest BCUT2D eigenvalue weighted by molar-refractivity contribution is 5.69. The molecule has 178 valence electrons. The third-order valence-electron chi connectivity index (χ3n) is 4.79. The van der Waals surface area contributed by atoms with E-state index in [1.54, 1.807) is 6.92 Å². The third-order valence-corrected chi connectivity index (χ3v) is 4.79. The molecule has 0 spiro atoms. The molecule has 0 aliphatic carbocycles. The fourth-order valence-corrected chi connectivity index (χ4v) is 3.10. The molecule has 0 aliphatic rings. The molecule has 1 aromatic heterocycles. The molecule has 1 atom stereocenters. The van der Waals surface area contributed by atoms with Crippen LogP contribution in [0.15, 0.2) is 52.2 Å². The number of hydrogen-bond donors (Lipinski definition) is 1. The van der Waals surface area contributed by atoms with Crippen LogP contribution in [0.3, 0.4) is 0 Å². The number of esters is 1. The van der Waals surface area contributed by atoms with Gasteiger partial charge in [-0.1, -0.05) is 62.6 Å². The van der Waals surface area contributed by atoms with Crippen LogP contribution in [-0.2, 0) is 16.1 Å². The predicted octanol–water partition coefficient (Wildman–Crippen LogP) is 5.20. The van der Waals surface area contributed by atoms with Gasteiger partial charge < -0.3 is 4.74 Å². The lowest BCUT2D eigenvalue weighted by atomic mass is 10.1. The van der Waals surface area contributed by atoms with Gasteiger partial charge in [-0.3, -0.25) is 19.1 Å². The Balaban J connectivity index is 2.06. The van der Waals surface area contributed by atoms with Gasteiger partial charge >= 0.3 is 11.7 Å². The fourth-order valence-electron chi connectivity index (χ4n) is 3.10. The van der Waals surface area contributed by atoms with Gasteiger partial charge in [0.1, 0.15) is 6.10 Å². The number of nitrogens with zero attached hydrogens (tertiary/aromatic N) is 1. The normalized spacial score (nSPS) is 12.8. The summed E-state index contributed by atoms with van der Waals surface area (Å²) < 4.78 is 19.5. The van der Waals surface area contributed by atoms with Crippen molar-refractivity contribution in [3.05, 3.63) is 69.3 Å². The number of hydrogen-bond acceptors (Lipinski definition) is 4. The monoisotopic (exact) mass is 448 g/mol. The zero-order valence-corrected chi connectivity index (χ0v) is 19.4. The standard InChI is InChI=1S/C25H37FN2O4/c1-3-4-5-6-7-8-9-10-11-12-13-14-15-16-17-18-23(29)32-21(2)19-28-20-22(26)24(30)27-25(28)31/h4-5,7-8,10-11,20-21H,3,6,9,12-19H2,1-2H3,(H,27,30,31). The van der Waals surface area contributed by atoms with Crippen molar-refractivity contribution in [3.8, 4) is 0 Å². The molecule has 0 saturated carbocycles. The number of carbonyl (C=O) groups excluding carboxylic acids is 1. The van der Waals surface area contributed by atoms with Crippen molar-refractivity contribution in [2.45, 2.75) is 90.7 Å². The van der Waals surface area contributed by atoms with Crippen LogP contribution in [0.4, 0.5) is 4.39 Å². The van der Waals surface area contributed by atoms with Crippen LogP contribution < -0.4 is 11.2 Å². The zero-order chi connectivity index (χ0) is 23.6. The van der Waals surface area contributed by atoms with E-state index in [0.717, 1.165) is 68.6 Å². The minimum atomic E-state index is -1.06. The molecule has 0 saturated heterocycles. The second-order valence-electron chi connectivity index (χ2n) is 7.79. The third kappa shape index (κ3) is 12.9.